The SMILES string of the molecule is Cn1ccc2c(c1=O)C1=C3C(=CN(CC4CCCOC4)C3CCN1)C=C2CS(C)(=O)=O. The molecule has 1 aromatic heterocycles. The standard InChI is InChI=1S/C23H29N3O4S/c1-25-8-6-18-17(14-31(2,28)29)10-16-12-26(11-15-4-3-9-30-13-15)19-5-7-24-22(20(16)19)21(18)23(25)27/h6,8,10,12,15,19,24H,3-5,7,9,11,13-14H2,1-2H3. The maximum atomic E-state index is 13.2. The molecule has 3 aliphatic heterocycles. The van der Waals surface area contributed by atoms with Gasteiger partial charge in [0.15, 0.2) is 9.84 Å². The van der Waals surface area contributed by atoms with Crippen LogP contribution in [0.3, 0.4) is 0 Å². The summed E-state index contributed by atoms with van der Waals surface area (Å²) >= 11 is 0. The number of fused-ring (bicyclic) bond motifs is 2. The molecular formula is C23H29N3O4S. The Hall–Kier alpha value is -2.32. The van der Waals surface area contributed by atoms with Crippen molar-refractivity contribution in [2.75, 3.05) is 38.3 Å². The topological polar surface area (TPSA) is 80.6 Å². The highest BCUT2D eigenvalue weighted by Crippen LogP contribution is 2.42. The number of hydrogen-bond acceptors (Lipinski definition) is 6. The fourth-order valence-corrected chi connectivity index (χ4v) is 6.12. The number of hydrogen-bond donors (Lipinski definition) is 1. The van der Waals surface area contributed by atoms with Gasteiger partial charge in [-0.2, -0.15) is 0 Å². The van der Waals surface area contributed by atoms with Crippen molar-refractivity contribution in [1.29, 1.82) is 0 Å². The summed E-state index contributed by atoms with van der Waals surface area (Å²) in [4.78, 5) is 15.6. The number of nitrogens with one attached hydrogen (secondary N) is 1. The third kappa shape index (κ3) is 3.76. The molecule has 1 fully saturated rings. The molecule has 0 bridgehead atoms. The van der Waals surface area contributed by atoms with E-state index in [-0.39, 0.29) is 17.4 Å². The molecule has 4 aliphatic rings. The van der Waals surface area contributed by atoms with E-state index >= 15 is 0 Å². The zero-order valence-electron chi connectivity index (χ0n) is 18.1. The van der Waals surface area contributed by atoms with Gasteiger partial charge in [-0.05, 0) is 54.0 Å². The molecule has 1 saturated heterocycles. The predicted octanol–water partition coefficient (Wildman–Crippen LogP) is 1.53. The van der Waals surface area contributed by atoms with Crippen molar-refractivity contribution in [1.82, 2.24) is 14.8 Å². The van der Waals surface area contributed by atoms with Crippen LogP contribution < -0.4 is 10.9 Å². The second kappa shape index (κ2) is 7.67. The Morgan fingerprint density at radius 2 is 2.13 bits per heavy atom. The van der Waals surface area contributed by atoms with Crippen LogP contribution >= 0.6 is 0 Å². The average Bonchev–Trinajstić information content (AvgIpc) is 3.00. The first kappa shape index (κ1) is 20.6. The van der Waals surface area contributed by atoms with Crippen LogP contribution in [0.1, 0.15) is 30.4 Å². The van der Waals surface area contributed by atoms with Gasteiger partial charge in [0.2, 0.25) is 0 Å². The van der Waals surface area contributed by atoms with E-state index in [1.807, 2.05) is 12.1 Å². The third-order valence-electron chi connectivity index (χ3n) is 6.67. The van der Waals surface area contributed by atoms with Crippen molar-refractivity contribution >= 4 is 21.1 Å². The Labute approximate surface area is 183 Å². The van der Waals surface area contributed by atoms with Crippen LogP contribution in [0.25, 0.3) is 11.3 Å². The molecule has 0 spiro atoms. The summed E-state index contributed by atoms with van der Waals surface area (Å²) in [5.74, 6) is 0.401. The number of nitrogens with zero attached hydrogens (tertiary/aromatic N) is 2. The monoisotopic (exact) mass is 443 g/mol. The van der Waals surface area contributed by atoms with E-state index in [0.29, 0.717) is 22.6 Å². The van der Waals surface area contributed by atoms with Gasteiger partial charge in [0.05, 0.1) is 29.7 Å². The van der Waals surface area contributed by atoms with Crippen molar-refractivity contribution in [2.45, 2.75) is 25.3 Å². The van der Waals surface area contributed by atoms with Crippen molar-refractivity contribution in [3.05, 3.63) is 57.2 Å². The summed E-state index contributed by atoms with van der Waals surface area (Å²) in [5, 5.41) is 3.49. The summed E-state index contributed by atoms with van der Waals surface area (Å²) in [6, 6.07) is 2.06. The summed E-state index contributed by atoms with van der Waals surface area (Å²) in [7, 11) is -1.53. The maximum Gasteiger partial charge on any atom is 0.260 e. The second-order valence-electron chi connectivity index (χ2n) is 9.14. The molecule has 5 rings (SSSR count). The number of rotatable bonds is 4. The van der Waals surface area contributed by atoms with Gasteiger partial charge in [0, 0.05) is 51.0 Å². The van der Waals surface area contributed by atoms with Crippen LogP contribution in [0.5, 0.6) is 0 Å². The summed E-state index contributed by atoms with van der Waals surface area (Å²) in [5.41, 5.74) is 4.88. The lowest BCUT2D eigenvalue weighted by molar-refractivity contribution is 0.0420. The van der Waals surface area contributed by atoms with Gasteiger partial charge in [0.1, 0.15) is 0 Å². The molecule has 1 N–H and O–H groups in total. The van der Waals surface area contributed by atoms with E-state index in [2.05, 4.69) is 16.4 Å². The van der Waals surface area contributed by atoms with E-state index < -0.39 is 9.84 Å². The van der Waals surface area contributed by atoms with Gasteiger partial charge in [-0.3, -0.25) is 4.79 Å². The second-order valence-corrected chi connectivity index (χ2v) is 11.3. The molecule has 0 saturated carbocycles. The van der Waals surface area contributed by atoms with Crippen LogP contribution in [0.4, 0.5) is 0 Å². The molecule has 2 atom stereocenters. The molecule has 7 nitrogen and oxygen atoms in total. The van der Waals surface area contributed by atoms with Gasteiger partial charge in [0.25, 0.3) is 5.56 Å². The summed E-state index contributed by atoms with van der Waals surface area (Å²) in [6.45, 7) is 3.33. The highest BCUT2D eigenvalue weighted by atomic mass is 32.2. The van der Waals surface area contributed by atoms with E-state index in [1.165, 1.54) is 6.26 Å². The zero-order valence-corrected chi connectivity index (χ0v) is 18.9. The molecule has 0 aromatic carbocycles. The van der Waals surface area contributed by atoms with Crippen LogP contribution in [0.2, 0.25) is 0 Å². The maximum absolute atomic E-state index is 13.2. The molecular weight excluding hydrogens is 414 g/mol. The Morgan fingerprint density at radius 3 is 2.87 bits per heavy atom. The number of ether oxygens (including phenoxy) is 1. The molecule has 2 unspecified atom stereocenters. The highest BCUT2D eigenvalue weighted by molar-refractivity contribution is 7.91. The van der Waals surface area contributed by atoms with E-state index in [9.17, 15) is 13.2 Å². The molecule has 8 heteroatoms. The molecule has 1 aliphatic carbocycles. The van der Waals surface area contributed by atoms with Crippen LogP contribution in [0, 0.1) is 5.92 Å². The van der Waals surface area contributed by atoms with E-state index in [1.54, 1.807) is 17.8 Å². The first-order valence-electron chi connectivity index (χ1n) is 10.9. The minimum Gasteiger partial charge on any atom is -0.384 e. The van der Waals surface area contributed by atoms with Gasteiger partial charge >= 0.3 is 0 Å². The molecule has 31 heavy (non-hydrogen) atoms. The fourth-order valence-electron chi connectivity index (χ4n) is 5.32. The van der Waals surface area contributed by atoms with Crippen molar-refractivity contribution in [3.63, 3.8) is 0 Å². The van der Waals surface area contributed by atoms with E-state index in [0.717, 1.165) is 62.4 Å². The predicted molar refractivity (Wildman–Crippen MR) is 121 cm³/mol. The third-order valence-corrected chi connectivity index (χ3v) is 7.51. The van der Waals surface area contributed by atoms with Crippen molar-refractivity contribution in [2.24, 2.45) is 13.0 Å². The molecule has 0 radical (unpaired) electrons. The molecule has 166 valence electrons. The highest BCUT2D eigenvalue weighted by Gasteiger charge is 2.38. The fraction of sp³-hybridized carbons (Fsp3) is 0.522. The lowest BCUT2D eigenvalue weighted by atomic mass is 9.91. The number of allylic oxidation sites excluding steroid dienone is 1. The molecule has 4 heterocycles. The van der Waals surface area contributed by atoms with Crippen LogP contribution in [0.15, 0.2) is 40.5 Å². The number of sulfone groups is 1. The Balaban J connectivity index is 1.65. The summed E-state index contributed by atoms with van der Waals surface area (Å²) in [6.07, 6.45) is 10.3. The number of aromatic nitrogens is 1. The Bertz CT molecular complexity index is 1170. The first-order chi connectivity index (χ1) is 14.8. The normalized spacial score (nSPS) is 25.3. The number of aryl methyl sites for hydroxylation is 1. The number of pyridine rings is 1. The molecule has 1 aromatic rings. The minimum atomic E-state index is -3.27. The van der Waals surface area contributed by atoms with Gasteiger partial charge in [-0.25, -0.2) is 8.42 Å². The lowest BCUT2D eigenvalue weighted by Crippen LogP contribution is -2.41. The Morgan fingerprint density at radius 1 is 1.29 bits per heavy atom. The van der Waals surface area contributed by atoms with E-state index in [4.69, 9.17) is 4.74 Å². The quantitative estimate of drug-likeness (QED) is 0.760. The van der Waals surface area contributed by atoms with Crippen molar-refractivity contribution < 1.29 is 13.2 Å². The smallest absolute Gasteiger partial charge is 0.260 e. The average molecular weight is 444 g/mol. The zero-order chi connectivity index (χ0) is 21.8. The van der Waals surface area contributed by atoms with Crippen LogP contribution in [-0.2, 0) is 21.6 Å². The van der Waals surface area contributed by atoms with Crippen molar-refractivity contribution in [3.8, 4) is 0 Å². The molecule has 0 amide bonds. The van der Waals surface area contributed by atoms with Gasteiger partial charge < -0.3 is 19.5 Å². The van der Waals surface area contributed by atoms with Gasteiger partial charge in [-0.1, -0.05) is 0 Å². The largest absolute Gasteiger partial charge is 0.384 e. The van der Waals surface area contributed by atoms with Crippen LogP contribution in [-0.4, -0.2) is 62.2 Å². The van der Waals surface area contributed by atoms with Gasteiger partial charge in [-0.15, -0.1) is 0 Å². The lowest BCUT2D eigenvalue weighted by Gasteiger charge is -2.35. The first-order valence-corrected chi connectivity index (χ1v) is 13.0. The Kier molecular flexibility index (Phi) is 5.09. The minimum absolute atomic E-state index is 0.0911. The summed E-state index contributed by atoms with van der Waals surface area (Å²) < 4.78 is 31.7.